The monoisotopic (exact) mass is 238 g/mol. The maximum absolute atomic E-state index is 11.4. The van der Waals surface area contributed by atoms with Crippen LogP contribution in [0.2, 0.25) is 0 Å². The zero-order valence-corrected chi connectivity index (χ0v) is 10.1. The molecule has 1 fully saturated rings. The van der Waals surface area contributed by atoms with Crippen molar-refractivity contribution >= 4 is 30.1 Å². The molecular formula is C9H19ClN2OS. The number of rotatable bonds is 3. The first kappa shape index (κ1) is 14.1. The second kappa shape index (κ2) is 7.37. The van der Waals surface area contributed by atoms with Crippen LogP contribution in [0.4, 0.5) is 0 Å². The summed E-state index contributed by atoms with van der Waals surface area (Å²) in [5.41, 5.74) is 5.41. The number of nitrogens with one attached hydrogen (secondary N) is 1. The number of halogens is 1. The van der Waals surface area contributed by atoms with Crippen molar-refractivity contribution in [1.29, 1.82) is 0 Å². The number of nitrogens with two attached hydrogens (primary N) is 1. The van der Waals surface area contributed by atoms with Gasteiger partial charge in [0.05, 0.1) is 0 Å². The van der Waals surface area contributed by atoms with E-state index in [1.165, 1.54) is 11.5 Å². The van der Waals surface area contributed by atoms with E-state index in [1.54, 1.807) is 0 Å². The maximum Gasteiger partial charge on any atom is 0.224 e. The molecule has 0 spiro atoms. The van der Waals surface area contributed by atoms with Gasteiger partial charge < -0.3 is 11.1 Å². The summed E-state index contributed by atoms with van der Waals surface area (Å²) in [6.07, 6.45) is 2.21. The molecule has 0 bridgehead atoms. The van der Waals surface area contributed by atoms with Gasteiger partial charge in [0.15, 0.2) is 0 Å². The van der Waals surface area contributed by atoms with Crippen molar-refractivity contribution in [3.05, 3.63) is 0 Å². The molecule has 3 N–H and O–H groups in total. The normalized spacial score (nSPS) is 19.6. The van der Waals surface area contributed by atoms with Crippen molar-refractivity contribution in [2.75, 3.05) is 18.1 Å². The van der Waals surface area contributed by atoms with Crippen LogP contribution in [-0.2, 0) is 4.79 Å². The fourth-order valence-electron chi connectivity index (χ4n) is 1.29. The minimum atomic E-state index is -0.0467. The minimum absolute atomic E-state index is 0. The molecule has 0 aromatic carbocycles. The van der Waals surface area contributed by atoms with Gasteiger partial charge in [-0.05, 0) is 24.3 Å². The van der Waals surface area contributed by atoms with Crippen LogP contribution in [0.5, 0.6) is 0 Å². The average Bonchev–Trinajstić information content (AvgIpc) is 2.18. The van der Waals surface area contributed by atoms with E-state index in [0.717, 1.165) is 12.8 Å². The molecule has 1 rings (SSSR count). The van der Waals surface area contributed by atoms with Crippen LogP contribution in [0.15, 0.2) is 0 Å². The van der Waals surface area contributed by atoms with Gasteiger partial charge in [-0.3, -0.25) is 4.79 Å². The van der Waals surface area contributed by atoms with Gasteiger partial charge in [0.2, 0.25) is 5.91 Å². The lowest BCUT2D eigenvalue weighted by atomic mass is 10.1. The molecule has 3 nitrogen and oxygen atoms in total. The first-order chi connectivity index (χ1) is 6.24. The molecule has 0 aromatic rings. The van der Waals surface area contributed by atoms with Gasteiger partial charge >= 0.3 is 0 Å². The lowest BCUT2D eigenvalue weighted by Crippen LogP contribution is -2.41. The summed E-state index contributed by atoms with van der Waals surface area (Å²) in [5.74, 6) is 2.40. The summed E-state index contributed by atoms with van der Waals surface area (Å²) >= 11 is 1.96. The largest absolute Gasteiger partial charge is 0.353 e. The van der Waals surface area contributed by atoms with E-state index in [-0.39, 0.29) is 24.2 Å². The number of amides is 1. The summed E-state index contributed by atoms with van der Waals surface area (Å²) in [6.45, 7) is 2.31. The fourth-order valence-corrected chi connectivity index (χ4v) is 2.40. The zero-order chi connectivity index (χ0) is 9.68. The Hall–Kier alpha value is 0.0700. The predicted molar refractivity (Wildman–Crippen MR) is 64.0 cm³/mol. The van der Waals surface area contributed by atoms with Gasteiger partial charge in [0.25, 0.3) is 0 Å². The van der Waals surface area contributed by atoms with Gasteiger partial charge in [-0.25, -0.2) is 0 Å². The van der Waals surface area contributed by atoms with Crippen LogP contribution in [0.1, 0.15) is 19.8 Å². The number of hydrogen-bond donors (Lipinski definition) is 2. The molecule has 0 radical (unpaired) electrons. The van der Waals surface area contributed by atoms with Crippen molar-refractivity contribution in [2.45, 2.75) is 25.8 Å². The van der Waals surface area contributed by atoms with E-state index in [0.29, 0.717) is 12.6 Å². The summed E-state index contributed by atoms with van der Waals surface area (Å²) in [4.78, 5) is 11.4. The third-order valence-corrected chi connectivity index (χ3v) is 3.42. The van der Waals surface area contributed by atoms with E-state index >= 15 is 0 Å². The van der Waals surface area contributed by atoms with Crippen molar-refractivity contribution in [1.82, 2.24) is 5.32 Å². The Balaban J connectivity index is 0.00000169. The Morgan fingerprint density at radius 2 is 2.14 bits per heavy atom. The topological polar surface area (TPSA) is 55.1 Å². The van der Waals surface area contributed by atoms with Gasteiger partial charge in [-0.1, -0.05) is 6.92 Å². The van der Waals surface area contributed by atoms with Gasteiger partial charge in [-0.15, -0.1) is 12.4 Å². The van der Waals surface area contributed by atoms with Crippen molar-refractivity contribution in [2.24, 2.45) is 11.7 Å². The Morgan fingerprint density at radius 1 is 1.57 bits per heavy atom. The first-order valence-corrected chi connectivity index (χ1v) is 5.97. The van der Waals surface area contributed by atoms with Crippen molar-refractivity contribution in [3.63, 3.8) is 0 Å². The summed E-state index contributed by atoms with van der Waals surface area (Å²) in [6, 6.07) is 0.391. The van der Waals surface area contributed by atoms with Crippen LogP contribution >= 0.6 is 24.2 Å². The summed E-state index contributed by atoms with van der Waals surface area (Å²) in [7, 11) is 0. The molecule has 1 heterocycles. The van der Waals surface area contributed by atoms with Gasteiger partial charge in [-0.2, -0.15) is 11.8 Å². The molecule has 0 aromatic heterocycles. The molecule has 0 saturated carbocycles. The van der Waals surface area contributed by atoms with Crippen LogP contribution < -0.4 is 11.1 Å². The second-order valence-corrected chi connectivity index (χ2v) is 4.76. The number of hydrogen-bond acceptors (Lipinski definition) is 3. The highest BCUT2D eigenvalue weighted by atomic mass is 35.5. The third kappa shape index (κ3) is 4.53. The average molecular weight is 239 g/mol. The Kier molecular flexibility index (Phi) is 7.41. The molecule has 1 unspecified atom stereocenters. The lowest BCUT2D eigenvalue weighted by Gasteiger charge is -2.23. The maximum atomic E-state index is 11.4. The summed E-state index contributed by atoms with van der Waals surface area (Å²) in [5, 5.41) is 3.04. The quantitative estimate of drug-likeness (QED) is 0.772. The molecule has 5 heteroatoms. The van der Waals surface area contributed by atoms with E-state index in [2.05, 4.69) is 5.32 Å². The van der Waals surface area contributed by atoms with Crippen LogP contribution in [0.3, 0.4) is 0 Å². The van der Waals surface area contributed by atoms with Crippen molar-refractivity contribution in [3.8, 4) is 0 Å². The van der Waals surface area contributed by atoms with Crippen LogP contribution in [0.25, 0.3) is 0 Å². The molecule has 1 saturated heterocycles. The lowest BCUT2D eigenvalue weighted by molar-refractivity contribution is -0.124. The highest BCUT2D eigenvalue weighted by molar-refractivity contribution is 7.99. The zero-order valence-electron chi connectivity index (χ0n) is 8.49. The molecule has 1 amide bonds. The molecule has 1 aliphatic rings. The highest BCUT2D eigenvalue weighted by Crippen LogP contribution is 2.17. The minimum Gasteiger partial charge on any atom is -0.353 e. The Bertz CT molecular complexity index is 174. The van der Waals surface area contributed by atoms with Crippen LogP contribution in [-0.4, -0.2) is 30.0 Å². The van der Waals surface area contributed by atoms with Crippen molar-refractivity contribution < 1.29 is 4.79 Å². The predicted octanol–water partition coefficient (Wildman–Crippen LogP) is 1.01. The smallest absolute Gasteiger partial charge is 0.224 e. The van der Waals surface area contributed by atoms with Gasteiger partial charge in [0.1, 0.15) is 0 Å². The molecular weight excluding hydrogens is 220 g/mol. The molecule has 0 aliphatic carbocycles. The molecule has 1 aliphatic heterocycles. The van der Waals surface area contributed by atoms with Gasteiger partial charge in [0, 0.05) is 18.5 Å². The fraction of sp³-hybridized carbons (Fsp3) is 0.889. The summed E-state index contributed by atoms with van der Waals surface area (Å²) < 4.78 is 0. The number of carbonyl (C=O) groups excluding carboxylic acids is 1. The van der Waals surface area contributed by atoms with Crippen LogP contribution in [0, 0.1) is 5.92 Å². The van der Waals surface area contributed by atoms with E-state index in [1.807, 2.05) is 18.7 Å². The Labute approximate surface area is 96.0 Å². The highest BCUT2D eigenvalue weighted by Gasteiger charge is 2.18. The van der Waals surface area contributed by atoms with E-state index < -0.39 is 0 Å². The number of carbonyl (C=O) groups is 1. The SMILES string of the molecule is CC(CN)C(=O)NC1CCSCC1.Cl. The Morgan fingerprint density at radius 3 is 2.64 bits per heavy atom. The van der Waals surface area contributed by atoms with E-state index in [9.17, 15) is 4.79 Å². The number of thioether (sulfide) groups is 1. The van der Waals surface area contributed by atoms with E-state index in [4.69, 9.17) is 5.73 Å². The third-order valence-electron chi connectivity index (χ3n) is 2.37. The molecule has 84 valence electrons. The second-order valence-electron chi connectivity index (χ2n) is 3.53. The first-order valence-electron chi connectivity index (χ1n) is 4.82. The molecule has 1 atom stereocenters. The standard InChI is InChI=1S/C9H18N2OS.ClH/c1-7(6-10)9(12)11-8-2-4-13-5-3-8;/h7-8H,2-6,10H2,1H3,(H,11,12);1H. The molecule has 14 heavy (non-hydrogen) atoms.